The van der Waals surface area contributed by atoms with Crippen LogP contribution in [0.5, 0.6) is 0 Å². The summed E-state index contributed by atoms with van der Waals surface area (Å²) in [5, 5.41) is 0. The molecule has 0 amide bonds. The lowest BCUT2D eigenvalue weighted by molar-refractivity contribution is -0.130. The lowest BCUT2D eigenvalue weighted by atomic mass is 10.2. The molecular weight excluding hydrogens is 294 g/mol. The minimum Gasteiger partial charge on any atom is -0.459 e. The van der Waals surface area contributed by atoms with Crippen LogP contribution in [0, 0.1) is 0 Å². The number of benzene rings is 1. The molecule has 2 aromatic heterocycles. The number of nitrogens with zero attached hydrogens (tertiary/aromatic N) is 1. The average Bonchev–Trinajstić information content (AvgIpc) is 3.31. The second-order valence-electron chi connectivity index (χ2n) is 4.88. The summed E-state index contributed by atoms with van der Waals surface area (Å²) < 4.78 is 16.0. The number of carbonyl (C=O) groups excluding carboxylic acids is 1. The molecule has 0 bridgehead atoms. The van der Waals surface area contributed by atoms with E-state index in [0.29, 0.717) is 11.5 Å². The summed E-state index contributed by atoms with van der Waals surface area (Å²) in [5.74, 6) is 1.28. The van der Waals surface area contributed by atoms with Crippen molar-refractivity contribution < 1.29 is 18.4 Å². The van der Waals surface area contributed by atoms with Gasteiger partial charge < -0.3 is 13.6 Å². The van der Waals surface area contributed by atoms with E-state index in [1.807, 2.05) is 36.4 Å². The summed E-state index contributed by atoms with van der Waals surface area (Å²) in [6.07, 6.45) is 3.04. The van der Waals surface area contributed by atoms with Crippen molar-refractivity contribution in [1.29, 1.82) is 0 Å². The predicted octanol–water partition coefficient (Wildman–Crippen LogP) is 3.88. The summed E-state index contributed by atoms with van der Waals surface area (Å²) in [6.45, 7) is 0. The number of hydrogen-bond donors (Lipinski definition) is 0. The van der Waals surface area contributed by atoms with Crippen LogP contribution < -0.4 is 0 Å². The van der Waals surface area contributed by atoms with Gasteiger partial charge in [0.05, 0.1) is 6.26 Å². The zero-order chi connectivity index (χ0) is 15.6. The Balaban J connectivity index is 1.63. The zero-order valence-electron chi connectivity index (χ0n) is 11.9. The highest BCUT2D eigenvalue weighted by atomic mass is 16.6. The van der Waals surface area contributed by atoms with E-state index in [4.69, 9.17) is 13.6 Å². The van der Waals surface area contributed by atoms with Crippen molar-refractivity contribution in [1.82, 2.24) is 0 Å². The summed E-state index contributed by atoms with van der Waals surface area (Å²) in [5.41, 5.74) is 1.14. The van der Waals surface area contributed by atoms with Crippen molar-refractivity contribution >= 4 is 17.9 Å². The Kier molecular flexibility index (Phi) is 3.16. The van der Waals surface area contributed by atoms with Gasteiger partial charge in [-0.1, -0.05) is 30.3 Å². The molecule has 5 heteroatoms. The first kappa shape index (κ1) is 13.3. The van der Waals surface area contributed by atoms with E-state index in [1.165, 1.54) is 6.26 Å². The molecule has 23 heavy (non-hydrogen) atoms. The Labute approximate surface area is 131 Å². The standard InChI is InChI=1S/C18H11NO4/c20-18-14(19-17(23-18)16-7-4-10-21-16)11-13-8-9-15(22-13)12-5-2-1-3-6-12/h1-11H/b14-11-. The number of furan rings is 2. The maximum Gasteiger partial charge on any atom is 0.364 e. The molecule has 1 aliphatic heterocycles. The monoisotopic (exact) mass is 305 g/mol. The Morgan fingerprint density at radius 2 is 1.78 bits per heavy atom. The number of ether oxygens (including phenoxy) is 1. The highest BCUT2D eigenvalue weighted by Gasteiger charge is 2.26. The minimum absolute atomic E-state index is 0.154. The van der Waals surface area contributed by atoms with E-state index in [1.54, 1.807) is 24.3 Å². The molecule has 112 valence electrons. The summed E-state index contributed by atoms with van der Waals surface area (Å²) in [4.78, 5) is 16.0. The molecule has 0 spiro atoms. The number of aliphatic imine (C=N–C) groups is 1. The first-order chi connectivity index (χ1) is 11.3. The molecule has 0 saturated carbocycles. The fraction of sp³-hybridized carbons (Fsp3) is 0. The molecule has 3 heterocycles. The Morgan fingerprint density at radius 3 is 2.57 bits per heavy atom. The van der Waals surface area contributed by atoms with E-state index >= 15 is 0 Å². The van der Waals surface area contributed by atoms with Gasteiger partial charge in [0.25, 0.3) is 5.90 Å². The number of hydrogen-bond acceptors (Lipinski definition) is 5. The predicted molar refractivity (Wildman–Crippen MR) is 83.5 cm³/mol. The highest BCUT2D eigenvalue weighted by molar-refractivity contribution is 6.11. The Bertz CT molecular complexity index is 902. The van der Waals surface area contributed by atoms with Crippen LogP contribution in [0.3, 0.4) is 0 Å². The fourth-order valence-corrected chi connectivity index (χ4v) is 2.24. The van der Waals surface area contributed by atoms with Gasteiger partial charge in [-0.25, -0.2) is 9.79 Å². The second kappa shape index (κ2) is 5.46. The normalized spacial score (nSPS) is 15.7. The van der Waals surface area contributed by atoms with E-state index in [2.05, 4.69) is 4.99 Å². The number of carbonyl (C=O) groups is 1. The van der Waals surface area contributed by atoms with Gasteiger partial charge in [-0.15, -0.1) is 0 Å². The van der Waals surface area contributed by atoms with E-state index in [-0.39, 0.29) is 11.6 Å². The maximum atomic E-state index is 11.9. The molecule has 1 aliphatic rings. The minimum atomic E-state index is -0.533. The van der Waals surface area contributed by atoms with Gasteiger partial charge in [-0.05, 0) is 24.3 Å². The van der Waals surface area contributed by atoms with Crippen LogP contribution in [-0.2, 0) is 9.53 Å². The van der Waals surface area contributed by atoms with Gasteiger partial charge in [-0.3, -0.25) is 0 Å². The van der Waals surface area contributed by atoms with Gasteiger partial charge in [0.15, 0.2) is 11.5 Å². The highest BCUT2D eigenvalue weighted by Crippen LogP contribution is 2.25. The molecule has 0 unspecified atom stereocenters. The van der Waals surface area contributed by atoms with Crippen molar-refractivity contribution in [3.8, 4) is 11.3 Å². The van der Waals surface area contributed by atoms with Crippen molar-refractivity contribution in [2.24, 2.45) is 4.99 Å². The van der Waals surface area contributed by atoms with Crippen LogP contribution in [0.1, 0.15) is 11.5 Å². The quantitative estimate of drug-likeness (QED) is 0.544. The van der Waals surface area contributed by atoms with Gasteiger partial charge >= 0.3 is 5.97 Å². The third-order valence-corrected chi connectivity index (χ3v) is 3.32. The van der Waals surface area contributed by atoms with E-state index < -0.39 is 5.97 Å². The average molecular weight is 305 g/mol. The van der Waals surface area contributed by atoms with E-state index in [9.17, 15) is 4.79 Å². The van der Waals surface area contributed by atoms with Gasteiger partial charge in [0.2, 0.25) is 0 Å². The SMILES string of the molecule is O=C1OC(c2ccco2)=N/C1=C\c1ccc(-c2ccccc2)o1. The summed E-state index contributed by atoms with van der Waals surface area (Å²) in [7, 11) is 0. The van der Waals surface area contributed by atoms with Gasteiger partial charge in [0, 0.05) is 11.6 Å². The molecule has 5 nitrogen and oxygen atoms in total. The lowest BCUT2D eigenvalue weighted by Crippen LogP contribution is -2.04. The van der Waals surface area contributed by atoms with Crippen molar-refractivity contribution in [2.45, 2.75) is 0 Å². The molecule has 0 aliphatic carbocycles. The smallest absolute Gasteiger partial charge is 0.364 e. The third kappa shape index (κ3) is 2.60. The molecule has 3 aromatic rings. The Hall–Kier alpha value is -3.34. The molecule has 1 aromatic carbocycles. The van der Waals surface area contributed by atoms with Crippen molar-refractivity contribution in [3.63, 3.8) is 0 Å². The maximum absolute atomic E-state index is 11.9. The summed E-state index contributed by atoms with van der Waals surface area (Å²) in [6, 6.07) is 16.7. The number of cyclic esters (lactones) is 1. The molecule has 4 rings (SSSR count). The van der Waals surface area contributed by atoms with Crippen LogP contribution >= 0.6 is 0 Å². The van der Waals surface area contributed by atoms with Crippen LogP contribution in [0.2, 0.25) is 0 Å². The van der Waals surface area contributed by atoms with Crippen LogP contribution in [-0.4, -0.2) is 11.9 Å². The zero-order valence-corrected chi connectivity index (χ0v) is 11.9. The number of esters is 1. The summed E-state index contributed by atoms with van der Waals surface area (Å²) >= 11 is 0. The molecular formula is C18H11NO4. The van der Waals surface area contributed by atoms with Crippen LogP contribution in [0.25, 0.3) is 17.4 Å². The third-order valence-electron chi connectivity index (χ3n) is 3.32. The number of rotatable bonds is 3. The molecule has 0 saturated heterocycles. The first-order valence-corrected chi connectivity index (χ1v) is 7.01. The van der Waals surface area contributed by atoms with Gasteiger partial charge in [-0.2, -0.15) is 0 Å². The van der Waals surface area contributed by atoms with Crippen LogP contribution in [0.4, 0.5) is 0 Å². The van der Waals surface area contributed by atoms with Crippen molar-refractivity contribution in [3.05, 3.63) is 78.1 Å². The van der Waals surface area contributed by atoms with E-state index in [0.717, 1.165) is 11.3 Å². The fourth-order valence-electron chi connectivity index (χ4n) is 2.24. The molecule has 0 fully saturated rings. The first-order valence-electron chi connectivity index (χ1n) is 7.01. The largest absolute Gasteiger partial charge is 0.459 e. The second-order valence-corrected chi connectivity index (χ2v) is 4.88. The van der Waals surface area contributed by atoms with Gasteiger partial charge in [0.1, 0.15) is 11.5 Å². The Morgan fingerprint density at radius 1 is 0.913 bits per heavy atom. The molecule has 0 N–H and O–H groups in total. The molecule has 0 radical (unpaired) electrons. The van der Waals surface area contributed by atoms with Crippen LogP contribution in [0.15, 0.2) is 80.4 Å². The lowest BCUT2D eigenvalue weighted by Gasteiger charge is -1.94. The molecule has 0 atom stereocenters. The van der Waals surface area contributed by atoms with Crippen molar-refractivity contribution in [2.75, 3.05) is 0 Å². The topological polar surface area (TPSA) is 64.9 Å².